The highest BCUT2D eigenvalue weighted by atomic mass is 32.1. The normalized spacial score (nSPS) is 23.5. The van der Waals surface area contributed by atoms with Crippen molar-refractivity contribution in [1.82, 2.24) is 20.2 Å². The van der Waals surface area contributed by atoms with Crippen LogP contribution in [0.3, 0.4) is 0 Å². The Labute approximate surface area is 173 Å². The van der Waals surface area contributed by atoms with Crippen LogP contribution in [0.15, 0.2) is 42.7 Å². The number of carbonyl (C=O) groups excluding carboxylic acids is 1. The lowest BCUT2D eigenvalue weighted by Crippen LogP contribution is -2.50. The molecule has 7 heteroatoms. The summed E-state index contributed by atoms with van der Waals surface area (Å²) < 4.78 is 6.98. The van der Waals surface area contributed by atoms with Gasteiger partial charge in [-0.2, -0.15) is 0 Å². The summed E-state index contributed by atoms with van der Waals surface area (Å²) in [5, 5.41) is 4.32. The van der Waals surface area contributed by atoms with Crippen LogP contribution in [0.4, 0.5) is 0 Å². The molecule has 3 atom stereocenters. The first-order valence-electron chi connectivity index (χ1n) is 10.2. The van der Waals surface area contributed by atoms with Gasteiger partial charge in [-0.25, -0.2) is 4.98 Å². The molecule has 6 nitrogen and oxygen atoms in total. The van der Waals surface area contributed by atoms with Gasteiger partial charge in [0.05, 0.1) is 10.9 Å². The number of fused-ring (bicyclic) bond motifs is 3. The van der Waals surface area contributed by atoms with Crippen molar-refractivity contribution < 1.29 is 9.53 Å². The Hall–Kier alpha value is -2.51. The van der Waals surface area contributed by atoms with Gasteiger partial charge in [-0.3, -0.25) is 9.78 Å². The van der Waals surface area contributed by atoms with Crippen LogP contribution in [-0.4, -0.2) is 38.9 Å². The van der Waals surface area contributed by atoms with Gasteiger partial charge in [0.1, 0.15) is 11.3 Å². The molecule has 2 aromatic heterocycles. The summed E-state index contributed by atoms with van der Waals surface area (Å²) in [6.45, 7) is 2.53. The Morgan fingerprint density at radius 3 is 2.66 bits per heavy atom. The third-order valence-electron chi connectivity index (χ3n) is 5.99. The molecule has 0 spiro atoms. The second kappa shape index (κ2) is 7.72. The van der Waals surface area contributed by atoms with E-state index >= 15 is 0 Å². The number of piperidine rings is 1. The molecule has 2 saturated heterocycles. The van der Waals surface area contributed by atoms with Gasteiger partial charge < -0.3 is 15.0 Å². The number of benzene rings is 1. The van der Waals surface area contributed by atoms with Crippen LogP contribution in [0.1, 0.15) is 38.2 Å². The van der Waals surface area contributed by atoms with Crippen molar-refractivity contribution in [3.05, 3.63) is 48.3 Å². The maximum Gasteiger partial charge on any atom is 0.279 e. The second-order valence-electron chi connectivity index (χ2n) is 7.93. The predicted molar refractivity (Wildman–Crippen MR) is 113 cm³/mol. The van der Waals surface area contributed by atoms with Gasteiger partial charge in [0, 0.05) is 37.8 Å². The van der Waals surface area contributed by atoms with E-state index in [-0.39, 0.29) is 5.91 Å². The van der Waals surface area contributed by atoms with Crippen LogP contribution in [0.5, 0.6) is 10.9 Å². The average molecular weight is 409 g/mol. The second-order valence-corrected chi connectivity index (χ2v) is 8.92. The molecule has 2 fully saturated rings. The first-order valence-corrected chi connectivity index (χ1v) is 11.0. The molecule has 0 radical (unpaired) electrons. The molecule has 1 N–H and O–H groups in total. The number of aromatic nitrogens is 2. The molecule has 5 rings (SSSR count). The van der Waals surface area contributed by atoms with Crippen LogP contribution in [0.2, 0.25) is 0 Å². The summed E-state index contributed by atoms with van der Waals surface area (Å²) in [6.07, 6.45) is 7.93. The van der Waals surface area contributed by atoms with E-state index in [4.69, 9.17) is 4.74 Å². The molecule has 150 valence electrons. The summed E-state index contributed by atoms with van der Waals surface area (Å²) in [4.78, 5) is 22.5. The molecular weight excluding hydrogens is 384 g/mol. The Bertz CT molecular complexity index is 972. The first-order chi connectivity index (χ1) is 14.2. The van der Waals surface area contributed by atoms with Gasteiger partial charge in [-0.1, -0.05) is 23.5 Å². The fourth-order valence-electron chi connectivity index (χ4n) is 4.70. The summed E-state index contributed by atoms with van der Waals surface area (Å²) in [6, 6.07) is 11.4. The zero-order chi connectivity index (χ0) is 19.8. The molecule has 2 aliphatic rings. The number of hydrogen-bond acceptors (Lipinski definition) is 6. The molecule has 29 heavy (non-hydrogen) atoms. The van der Waals surface area contributed by atoms with Crippen LogP contribution in [0.25, 0.3) is 10.2 Å². The van der Waals surface area contributed by atoms with Gasteiger partial charge in [0.15, 0.2) is 0 Å². The van der Waals surface area contributed by atoms with E-state index in [0.29, 0.717) is 23.3 Å². The largest absolute Gasteiger partial charge is 0.431 e. The zero-order valence-corrected chi connectivity index (χ0v) is 17.2. The fraction of sp³-hybridized carbons (Fsp3) is 0.409. The van der Waals surface area contributed by atoms with E-state index in [1.807, 2.05) is 18.2 Å². The molecule has 2 aliphatic heterocycles. The molecule has 0 aliphatic carbocycles. The standard InChI is InChI=1S/C22H24N4O2S/c1-14(27)26-17-4-5-18(26)11-16(10-17)24-12-15-2-6-19(7-3-15)28-22-25-20-13-23-9-8-21(20)29-22/h2-3,6-9,13,16-18,24H,4-5,10-12H2,1H3/t16-,17-,18+. The van der Waals surface area contributed by atoms with Gasteiger partial charge in [0.2, 0.25) is 5.91 Å². The molecule has 3 aromatic rings. The van der Waals surface area contributed by atoms with Crippen molar-refractivity contribution in [3.63, 3.8) is 0 Å². The SMILES string of the molecule is CC(=O)N1[C@@H]2CC[C@H]1C[C@H](NCc1ccc(Oc3nc4cnccc4s3)cc1)C2. The molecule has 4 heterocycles. The highest BCUT2D eigenvalue weighted by molar-refractivity contribution is 7.20. The number of rotatable bonds is 5. The van der Waals surface area contributed by atoms with Crippen molar-refractivity contribution in [2.45, 2.75) is 57.3 Å². The Balaban J connectivity index is 1.17. The number of hydrogen-bond donors (Lipinski definition) is 1. The number of thiazole rings is 1. The zero-order valence-electron chi connectivity index (χ0n) is 16.4. The fourth-order valence-corrected chi connectivity index (χ4v) is 5.50. The van der Waals surface area contributed by atoms with E-state index in [9.17, 15) is 4.79 Å². The van der Waals surface area contributed by atoms with E-state index in [1.165, 1.54) is 16.9 Å². The lowest BCUT2D eigenvalue weighted by atomic mass is 9.97. The van der Waals surface area contributed by atoms with E-state index in [1.54, 1.807) is 19.3 Å². The lowest BCUT2D eigenvalue weighted by molar-refractivity contribution is -0.133. The maximum atomic E-state index is 11.8. The number of carbonyl (C=O) groups is 1. The van der Waals surface area contributed by atoms with Crippen molar-refractivity contribution in [3.8, 4) is 10.9 Å². The van der Waals surface area contributed by atoms with Crippen molar-refractivity contribution in [1.29, 1.82) is 0 Å². The highest BCUT2D eigenvalue weighted by Crippen LogP contribution is 2.36. The third kappa shape index (κ3) is 3.84. The molecule has 1 amide bonds. The number of nitrogens with zero attached hydrogens (tertiary/aromatic N) is 3. The summed E-state index contributed by atoms with van der Waals surface area (Å²) in [5.74, 6) is 1.02. The number of amides is 1. The molecule has 1 aromatic carbocycles. The topological polar surface area (TPSA) is 67.4 Å². The quantitative estimate of drug-likeness (QED) is 0.688. The maximum absolute atomic E-state index is 11.8. The summed E-state index contributed by atoms with van der Waals surface area (Å²) >= 11 is 1.52. The van der Waals surface area contributed by atoms with E-state index in [0.717, 1.165) is 48.2 Å². The van der Waals surface area contributed by atoms with Crippen LogP contribution in [0, 0.1) is 0 Å². The predicted octanol–water partition coefficient (Wildman–Crippen LogP) is 4.12. The van der Waals surface area contributed by atoms with Crippen molar-refractivity contribution >= 4 is 27.5 Å². The lowest BCUT2D eigenvalue weighted by Gasteiger charge is -2.38. The van der Waals surface area contributed by atoms with Gasteiger partial charge >= 0.3 is 0 Å². The minimum Gasteiger partial charge on any atom is -0.431 e. The van der Waals surface area contributed by atoms with E-state index in [2.05, 4.69) is 32.3 Å². The van der Waals surface area contributed by atoms with Crippen molar-refractivity contribution in [2.75, 3.05) is 0 Å². The molecule has 0 saturated carbocycles. The minimum atomic E-state index is 0.232. The van der Waals surface area contributed by atoms with Crippen LogP contribution < -0.4 is 10.1 Å². The number of nitrogens with one attached hydrogen (secondary N) is 1. The van der Waals surface area contributed by atoms with E-state index < -0.39 is 0 Å². The summed E-state index contributed by atoms with van der Waals surface area (Å²) in [7, 11) is 0. The molecule has 2 bridgehead atoms. The highest BCUT2D eigenvalue weighted by Gasteiger charge is 2.41. The van der Waals surface area contributed by atoms with Gasteiger partial charge in [-0.15, -0.1) is 0 Å². The molecule has 0 unspecified atom stereocenters. The monoisotopic (exact) mass is 408 g/mol. The number of pyridine rings is 1. The van der Waals surface area contributed by atoms with Gasteiger partial charge in [0.25, 0.3) is 5.19 Å². The Morgan fingerprint density at radius 2 is 1.97 bits per heavy atom. The average Bonchev–Trinajstić information content (AvgIpc) is 3.25. The Kier molecular flexibility index (Phi) is 4.93. The summed E-state index contributed by atoms with van der Waals surface area (Å²) in [5.41, 5.74) is 2.09. The van der Waals surface area contributed by atoms with Crippen molar-refractivity contribution in [2.24, 2.45) is 0 Å². The van der Waals surface area contributed by atoms with Crippen LogP contribution in [-0.2, 0) is 11.3 Å². The van der Waals surface area contributed by atoms with Gasteiger partial charge in [-0.05, 0) is 49.4 Å². The minimum absolute atomic E-state index is 0.232. The third-order valence-corrected chi connectivity index (χ3v) is 6.90. The number of ether oxygens (including phenoxy) is 1. The Morgan fingerprint density at radius 1 is 1.21 bits per heavy atom. The van der Waals surface area contributed by atoms with Crippen LogP contribution >= 0.6 is 11.3 Å². The smallest absolute Gasteiger partial charge is 0.279 e. The molecular formula is C22H24N4O2S. The first kappa shape index (κ1) is 18.5.